The predicted molar refractivity (Wildman–Crippen MR) is 32.0 cm³/mol. The van der Waals surface area contributed by atoms with E-state index in [9.17, 15) is 9.59 Å². The van der Waals surface area contributed by atoms with Crippen molar-refractivity contribution in [3.05, 3.63) is 0 Å². The van der Waals surface area contributed by atoms with Gasteiger partial charge in [0, 0.05) is 14.1 Å². The number of hydrogen-bond donors (Lipinski definition) is 1. The maximum atomic E-state index is 10.6. The highest BCUT2D eigenvalue weighted by Crippen LogP contribution is 1.88. The first-order chi connectivity index (χ1) is 4.57. The van der Waals surface area contributed by atoms with Gasteiger partial charge in [-0.05, 0) is 0 Å². The fourth-order valence-electron chi connectivity index (χ4n) is 0.314. The number of rotatable bonds is 2. The summed E-state index contributed by atoms with van der Waals surface area (Å²) in [7, 11) is 3.01. The van der Waals surface area contributed by atoms with E-state index < -0.39 is 18.3 Å². The Labute approximate surface area is 58.1 Å². The van der Waals surface area contributed by atoms with E-state index in [1.54, 1.807) is 0 Å². The van der Waals surface area contributed by atoms with Crippen molar-refractivity contribution in [3.63, 3.8) is 0 Å². The molecule has 0 aromatic heterocycles. The highest BCUT2D eigenvalue weighted by atomic mass is 17.1. The molecule has 5 heteroatoms. The van der Waals surface area contributed by atoms with Crippen LogP contribution in [0.3, 0.4) is 0 Å². The Bertz CT molecular complexity index is 143. The maximum Gasteiger partial charge on any atom is 0.351 e. The van der Waals surface area contributed by atoms with Crippen LogP contribution in [0.4, 0.5) is 0 Å². The fourth-order valence-corrected chi connectivity index (χ4v) is 0.314. The third kappa shape index (κ3) is 3.03. The van der Waals surface area contributed by atoms with Gasteiger partial charge in [-0.2, -0.15) is 5.26 Å². The Hall–Kier alpha value is -1.10. The molecule has 0 aliphatic rings. The van der Waals surface area contributed by atoms with Crippen LogP contribution in [0.1, 0.15) is 6.42 Å². The third-order valence-corrected chi connectivity index (χ3v) is 0.896. The molecule has 1 N–H and O–H groups in total. The summed E-state index contributed by atoms with van der Waals surface area (Å²) in [4.78, 5) is 25.4. The summed E-state index contributed by atoms with van der Waals surface area (Å²) in [6.45, 7) is 0. The molecule has 1 amide bonds. The van der Waals surface area contributed by atoms with Gasteiger partial charge in [-0.25, -0.2) is 4.79 Å². The summed E-state index contributed by atoms with van der Waals surface area (Å²) in [6, 6.07) is 0. The molecule has 0 aliphatic heterocycles. The summed E-state index contributed by atoms with van der Waals surface area (Å²) in [5.41, 5.74) is 0. The van der Waals surface area contributed by atoms with Gasteiger partial charge in [0.1, 0.15) is 6.42 Å². The van der Waals surface area contributed by atoms with Gasteiger partial charge in [-0.15, -0.1) is 0 Å². The second-order valence-corrected chi connectivity index (χ2v) is 1.93. The van der Waals surface area contributed by atoms with Crippen molar-refractivity contribution in [1.82, 2.24) is 4.90 Å². The van der Waals surface area contributed by atoms with E-state index in [4.69, 9.17) is 5.26 Å². The van der Waals surface area contributed by atoms with Gasteiger partial charge in [0.25, 0.3) is 0 Å². The minimum absolute atomic E-state index is 0.404. The van der Waals surface area contributed by atoms with Crippen LogP contribution >= 0.6 is 0 Å². The largest absolute Gasteiger partial charge is 0.351 e. The third-order valence-electron chi connectivity index (χ3n) is 0.896. The monoisotopic (exact) mass is 147 g/mol. The molecule has 0 aliphatic carbocycles. The molecule has 10 heavy (non-hydrogen) atoms. The van der Waals surface area contributed by atoms with Crippen molar-refractivity contribution in [3.8, 4) is 0 Å². The predicted octanol–water partition coefficient (Wildman–Crippen LogP) is -0.519. The summed E-state index contributed by atoms with van der Waals surface area (Å²) in [5.74, 6) is -1.35. The molecule has 0 radical (unpaired) electrons. The SMILES string of the molecule is CN(C)C(=O)CC(=O)OO. The molecule has 0 aromatic carbocycles. The highest BCUT2D eigenvalue weighted by molar-refractivity contribution is 5.93. The zero-order valence-electron chi connectivity index (χ0n) is 5.83. The topological polar surface area (TPSA) is 66.8 Å². The molecule has 0 unspecified atom stereocenters. The number of amides is 1. The van der Waals surface area contributed by atoms with Crippen molar-refractivity contribution in [2.24, 2.45) is 0 Å². The minimum Gasteiger partial charge on any atom is -0.348 e. The van der Waals surface area contributed by atoms with Crippen LogP contribution in [-0.4, -0.2) is 36.1 Å². The van der Waals surface area contributed by atoms with Crippen LogP contribution in [0.2, 0.25) is 0 Å². The molecule has 0 aromatic rings. The Balaban J connectivity index is 3.69. The number of nitrogens with zero attached hydrogens (tertiary/aromatic N) is 1. The van der Waals surface area contributed by atoms with E-state index in [2.05, 4.69) is 4.89 Å². The molecule has 0 heterocycles. The first kappa shape index (κ1) is 8.90. The van der Waals surface area contributed by atoms with Crippen LogP contribution in [0, 0.1) is 0 Å². The van der Waals surface area contributed by atoms with Crippen molar-refractivity contribution < 1.29 is 19.7 Å². The average molecular weight is 147 g/mol. The normalized spacial score (nSPS) is 8.70. The summed E-state index contributed by atoms with van der Waals surface area (Å²) < 4.78 is 0. The second-order valence-electron chi connectivity index (χ2n) is 1.93. The lowest BCUT2D eigenvalue weighted by molar-refractivity contribution is -0.234. The van der Waals surface area contributed by atoms with Crippen LogP contribution in [-0.2, 0) is 14.5 Å². The molecular formula is C5H9NO4. The first-order valence-corrected chi connectivity index (χ1v) is 2.62. The van der Waals surface area contributed by atoms with E-state index >= 15 is 0 Å². The van der Waals surface area contributed by atoms with Gasteiger partial charge >= 0.3 is 5.97 Å². The molecule has 5 nitrogen and oxygen atoms in total. The lowest BCUT2D eigenvalue weighted by atomic mass is 10.4. The lowest BCUT2D eigenvalue weighted by Crippen LogP contribution is -2.24. The highest BCUT2D eigenvalue weighted by Gasteiger charge is 2.11. The van der Waals surface area contributed by atoms with Gasteiger partial charge in [0.05, 0.1) is 0 Å². The summed E-state index contributed by atoms with van der Waals surface area (Å²) >= 11 is 0. The second kappa shape index (κ2) is 3.84. The van der Waals surface area contributed by atoms with Crippen LogP contribution < -0.4 is 0 Å². The zero-order chi connectivity index (χ0) is 8.15. The van der Waals surface area contributed by atoms with Crippen molar-refractivity contribution >= 4 is 11.9 Å². The molecule has 0 spiro atoms. The first-order valence-electron chi connectivity index (χ1n) is 2.62. The Morgan fingerprint density at radius 2 is 2.00 bits per heavy atom. The minimum atomic E-state index is -0.946. The Morgan fingerprint density at radius 3 is 2.30 bits per heavy atom. The summed E-state index contributed by atoms with van der Waals surface area (Å²) in [6.07, 6.45) is -0.427. The van der Waals surface area contributed by atoms with Crippen LogP contribution in [0.25, 0.3) is 0 Å². The Kier molecular flexibility index (Phi) is 3.42. The smallest absolute Gasteiger partial charge is 0.348 e. The van der Waals surface area contributed by atoms with Crippen LogP contribution in [0.5, 0.6) is 0 Å². The van der Waals surface area contributed by atoms with Crippen LogP contribution in [0.15, 0.2) is 0 Å². The number of carbonyl (C=O) groups excluding carboxylic acids is 2. The van der Waals surface area contributed by atoms with E-state index in [-0.39, 0.29) is 0 Å². The van der Waals surface area contributed by atoms with Crippen molar-refractivity contribution in [2.75, 3.05) is 14.1 Å². The standard InChI is InChI=1S/C5H9NO4/c1-6(2)4(7)3-5(8)10-9/h9H,3H2,1-2H3. The zero-order valence-corrected chi connectivity index (χ0v) is 5.83. The number of hydrogen-bond acceptors (Lipinski definition) is 4. The number of carbonyl (C=O) groups is 2. The Morgan fingerprint density at radius 1 is 1.50 bits per heavy atom. The van der Waals surface area contributed by atoms with Gasteiger partial charge in [-0.1, -0.05) is 0 Å². The van der Waals surface area contributed by atoms with E-state index in [0.717, 1.165) is 0 Å². The molecule has 0 saturated carbocycles. The molecular weight excluding hydrogens is 138 g/mol. The van der Waals surface area contributed by atoms with E-state index in [1.165, 1.54) is 19.0 Å². The van der Waals surface area contributed by atoms with Crippen molar-refractivity contribution in [2.45, 2.75) is 6.42 Å². The fraction of sp³-hybridized carbons (Fsp3) is 0.600. The van der Waals surface area contributed by atoms with Gasteiger partial charge < -0.3 is 9.79 Å². The van der Waals surface area contributed by atoms with Gasteiger partial charge in [-0.3, -0.25) is 4.79 Å². The van der Waals surface area contributed by atoms with Gasteiger partial charge in [0.2, 0.25) is 5.91 Å². The maximum absolute atomic E-state index is 10.6. The molecule has 0 saturated heterocycles. The average Bonchev–Trinajstić information content (AvgIpc) is 1.87. The molecule has 58 valence electrons. The molecule has 0 rings (SSSR count). The van der Waals surface area contributed by atoms with Gasteiger partial charge in [0.15, 0.2) is 0 Å². The summed E-state index contributed by atoms with van der Waals surface area (Å²) in [5, 5.41) is 7.75. The lowest BCUT2D eigenvalue weighted by Gasteiger charge is -2.07. The van der Waals surface area contributed by atoms with Crippen molar-refractivity contribution in [1.29, 1.82) is 0 Å². The van der Waals surface area contributed by atoms with E-state index in [0.29, 0.717) is 0 Å². The quantitative estimate of drug-likeness (QED) is 0.324. The molecule has 0 atom stereocenters. The molecule has 0 fully saturated rings. The molecule has 0 bridgehead atoms. The van der Waals surface area contributed by atoms with E-state index in [1.807, 2.05) is 0 Å².